The van der Waals surface area contributed by atoms with Crippen molar-refractivity contribution >= 4 is 27.5 Å². The Morgan fingerprint density at radius 3 is 2.63 bits per heavy atom. The minimum atomic E-state index is -1.01. The number of halogens is 4. The zero-order valence-corrected chi connectivity index (χ0v) is 12.4. The lowest BCUT2D eigenvalue weighted by atomic mass is 10.1. The third-order valence-corrected chi connectivity index (χ3v) is 3.36. The molecule has 0 bridgehead atoms. The van der Waals surface area contributed by atoms with Crippen LogP contribution in [-0.2, 0) is 6.61 Å². The molecule has 2 aromatic carbocycles. The Bertz CT molecular complexity index is 617. The molecular weight excluding hydrogens is 338 g/mol. The monoisotopic (exact) mass is 346 g/mol. The maximum atomic E-state index is 13.5. The molecule has 0 fully saturated rings. The van der Waals surface area contributed by atoms with Crippen molar-refractivity contribution in [2.45, 2.75) is 13.5 Å². The van der Waals surface area contributed by atoms with Crippen molar-refractivity contribution in [1.82, 2.24) is 0 Å². The summed E-state index contributed by atoms with van der Waals surface area (Å²) >= 11 is 9.13. The number of benzene rings is 2. The second-order valence-corrected chi connectivity index (χ2v) is 5.41. The number of hydrogen-bond donors (Lipinski definition) is 0. The molecule has 0 atom stereocenters. The minimum absolute atomic E-state index is 0.0753. The van der Waals surface area contributed by atoms with E-state index in [0.29, 0.717) is 15.1 Å². The first-order chi connectivity index (χ1) is 8.97. The van der Waals surface area contributed by atoms with E-state index in [1.165, 1.54) is 6.07 Å². The third kappa shape index (κ3) is 3.45. The van der Waals surface area contributed by atoms with E-state index in [1.54, 1.807) is 12.1 Å². The van der Waals surface area contributed by atoms with Crippen LogP contribution in [0.25, 0.3) is 0 Å². The van der Waals surface area contributed by atoms with E-state index < -0.39 is 11.6 Å². The molecule has 0 amide bonds. The van der Waals surface area contributed by atoms with Crippen molar-refractivity contribution in [3.05, 3.63) is 62.6 Å². The van der Waals surface area contributed by atoms with E-state index in [0.717, 1.165) is 11.6 Å². The van der Waals surface area contributed by atoms with Gasteiger partial charge in [0.2, 0.25) is 5.82 Å². The molecule has 0 aliphatic heterocycles. The predicted molar refractivity (Wildman–Crippen MR) is 74.6 cm³/mol. The Balaban J connectivity index is 2.19. The van der Waals surface area contributed by atoms with Gasteiger partial charge in [0.15, 0.2) is 11.6 Å². The molecule has 0 radical (unpaired) electrons. The van der Waals surface area contributed by atoms with Crippen LogP contribution in [0.4, 0.5) is 8.78 Å². The second kappa shape index (κ2) is 5.88. The van der Waals surface area contributed by atoms with Crippen LogP contribution in [0.3, 0.4) is 0 Å². The first-order valence-electron chi connectivity index (χ1n) is 5.50. The zero-order valence-electron chi connectivity index (χ0n) is 10.0. The summed E-state index contributed by atoms with van der Waals surface area (Å²) in [5, 5.41) is 0.538. The molecule has 2 aromatic rings. The van der Waals surface area contributed by atoms with Crippen LogP contribution in [0.5, 0.6) is 5.75 Å². The van der Waals surface area contributed by atoms with Gasteiger partial charge >= 0.3 is 0 Å². The first kappa shape index (κ1) is 14.3. The zero-order chi connectivity index (χ0) is 14.0. The summed E-state index contributed by atoms with van der Waals surface area (Å²) in [4.78, 5) is 0. The van der Waals surface area contributed by atoms with Crippen molar-refractivity contribution in [1.29, 1.82) is 0 Å². The second-order valence-electron chi connectivity index (χ2n) is 4.08. The highest BCUT2D eigenvalue weighted by Gasteiger charge is 2.12. The molecule has 0 aromatic heterocycles. The summed E-state index contributed by atoms with van der Waals surface area (Å²) in [5.74, 6) is -2.12. The van der Waals surface area contributed by atoms with Gasteiger partial charge in [0.25, 0.3) is 0 Å². The van der Waals surface area contributed by atoms with Crippen LogP contribution in [0, 0.1) is 18.6 Å². The topological polar surface area (TPSA) is 9.23 Å². The molecule has 5 heteroatoms. The molecule has 2 rings (SSSR count). The summed E-state index contributed by atoms with van der Waals surface area (Å²) in [6.45, 7) is 1.99. The summed E-state index contributed by atoms with van der Waals surface area (Å²) in [5.41, 5.74) is 1.74. The standard InChI is InChI=1S/C14H10BrClF2O/c1-8-2-3-9(11(16)4-8)7-19-13-6-10(15)5-12(17)14(13)18/h2-6H,7H2,1H3. The average Bonchev–Trinajstić information content (AvgIpc) is 2.33. The van der Waals surface area contributed by atoms with Crippen molar-refractivity contribution in [3.8, 4) is 5.75 Å². The molecule has 0 aliphatic rings. The Hall–Kier alpha value is -1.13. The Labute approximate surface area is 123 Å². The van der Waals surface area contributed by atoms with E-state index in [9.17, 15) is 8.78 Å². The molecule has 0 aliphatic carbocycles. The molecular formula is C14H10BrClF2O. The number of rotatable bonds is 3. The van der Waals surface area contributed by atoms with Crippen LogP contribution < -0.4 is 4.74 Å². The highest BCUT2D eigenvalue weighted by Crippen LogP contribution is 2.27. The van der Waals surface area contributed by atoms with Crippen molar-refractivity contribution < 1.29 is 13.5 Å². The molecule has 0 unspecified atom stereocenters. The highest BCUT2D eigenvalue weighted by atomic mass is 79.9. The quantitative estimate of drug-likeness (QED) is 0.687. The molecule has 1 nitrogen and oxygen atoms in total. The maximum Gasteiger partial charge on any atom is 0.200 e. The lowest BCUT2D eigenvalue weighted by Gasteiger charge is -2.10. The molecule has 0 saturated heterocycles. The molecule has 19 heavy (non-hydrogen) atoms. The van der Waals surface area contributed by atoms with Crippen LogP contribution >= 0.6 is 27.5 Å². The van der Waals surface area contributed by atoms with Crippen molar-refractivity contribution in [2.75, 3.05) is 0 Å². The average molecular weight is 348 g/mol. The van der Waals surface area contributed by atoms with Crippen LogP contribution in [-0.4, -0.2) is 0 Å². The molecule has 0 spiro atoms. The highest BCUT2D eigenvalue weighted by molar-refractivity contribution is 9.10. The van der Waals surface area contributed by atoms with Gasteiger partial charge < -0.3 is 4.74 Å². The van der Waals surface area contributed by atoms with Crippen LogP contribution in [0.15, 0.2) is 34.8 Å². The van der Waals surface area contributed by atoms with Crippen LogP contribution in [0.1, 0.15) is 11.1 Å². The van der Waals surface area contributed by atoms with E-state index in [2.05, 4.69) is 15.9 Å². The summed E-state index contributed by atoms with van der Waals surface area (Å²) in [7, 11) is 0. The lowest BCUT2D eigenvalue weighted by Crippen LogP contribution is -2.00. The van der Waals surface area contributed by atoms with Gasteiger partial charge in [0.1, 0.15) is 6.61 Å². The smallest absolute Gasteiger partial charge is 0.200 e. The fourth-order valence-electron chi connectivity index (χ4n) is 1.56. The Morgan fingerprint density at radius 2 is 1.95 bits per heavy atom. The lowest BCUT2D eigenvalue weighted by molar-refractivity contribution is 0.284. The van der Waals surface area contributed by atoms with Gasteiger partial charge in [0.05, 0.1) is 0 Å². The molecule has 0 N–H and O–H groups in total. The fraction of sp³-hybridized carbons (Fsp3) is 0.143. The van der Waals surface area contributed by atoms with E-state index in [-0.39, 0.29) is 12.4 Å². The summed E-state index contributed by atoms with van der Waals surface area (Å²) in [6.07, 6.45) is 0. The van der Waals surface area contributed by atoms with Gasteiger partial charge in [-0.1, -0.05) is 39.7 Å². The normalized spacial score (nSPS) is 10.6. The Morgan fingerprint density at radius 1 is 1.21 bits per heavy atom. The van der Waals surface area contributed by atoms with Gasteiger partial charge in [-0.3, -0.25) is 0 Å². The largest absolute Gasteiger partial charge is 0.486 e. The Kier molecular flexibility index (Phi) is 4.42. The maximum absolute atomic E-state index is 13.5. The van der Waals surface area contributed by atoms with Gasteiger partial charge in [-0.05, 0) is 30.7 Å². The number of hydrogen-bond acceptors (Lipinski definition) is 1. The SMILES string of the molecule is Cc1ccc(COc2cc(Br)cc(F)c2F)c(Cl)c1. The molecule has 0 saturated carbocycles. The number of ether oxygens (including phenoxy) is 1. The minimum Gasteiger partial charge on any atom is -0.486 e. The van der Waals surface area contributed by atoms with Crippen molar-refractivity contribution in [3.63, 3.8) is 0 Å². The first-order valence-corrected chi connectivity index (χ1v) is 6.67. The predicted octanol–water partition coefficient (Wildman–Crippen LogP) is 5.27. The summed E-state index contributed by atoms with van der Waals surface area (Å²) in [6, 6.07) is 7.88. The fourth-order valence-corrected chi connectivity index (χ4v) is 2.26. The van der Waals surface area contributed by atoms with Gasteiger partial charge in [-0.2, -0.15) is 4.39 Å². The third-order valence-electron chi connectivity index (χ3n) is 2.55. The van der Waals surface area contributed by atoms with Gasteiger partial charge in [-0.25, -0.2) is 4.39 Å². The molecule has 0 heterocycles. The van der Waals surface area contributed by atoms with E-state index in [4.69, 9.17) is 16.3 Å². The van der Waals surface area contributed by atoms with Crippen LogP contribution in [0.2, 0.25) is 5.02 Å². The summed E-state index contributed by atoms with van der Waals surface area (Å²) < 4.78 is 32.4. The van der Waals surface area contributed by atoms with E-state index in [1.807, 2.05) is 13.0 Å². The van der Waals surface area contributed by atoms with Gasteiger partial charge in [-0.15, -0.1) is 0 Å². The van der Waals surface area contributed by atoms with Crippen molar-refractivity contribution in [2.24, 2.45) is 0 Å². The van der Waals surface area contributed by atoms with Gasteiger partial charge in [0, 0.05) is 15.1 Å². The number of aryl methyl sites for hydroxylation is 1. The molecule has 100 valence electrons. The van der Waals surface area contributed by atoms with E-state index >= 15 is 0 Å².